The lowest BCUT2D eigenvalue weighted by Crippen LogP contribution is -2.32. The van der Waals surface area contributed by atoms with E-state index >= 15 is 0 Å². The molecule has 20 heavy (non-hydrogen) atoms. The van der Waals surface area contributed by atoms with Crippen LogP contribution in [0.4, 0.5) is 5.95 Å². The molecule has 0 amide bonds. The van der Waals surface area contributed by atoms with Gasteiger partial charge in [-0.05, 0) is 0 Å². The number of nitrogens with one attached hydrogen (secondary N) is 2. The van der Waals surface area contributed by atoms with Gasteiger partial charge >= 0.3 is 0 Å². The maximum atomic E-state index is 11.7. The molecule has 0 aromatic carbocycles. The van der Waals surface area contributed by atoms with Crippen molar-refractivity contribution < 1.29 is 20.1 Å². The Bertz CT molecular complexity index is 697. The van der Waals surface area contributed by atoms with Crippen LogP contribution < -0.4 is 11.3 Å². The molecule has 2 aromatic rings. The molecule has 1 aliphatic heterocycles. The van der Waals surface area contributed by atoms with Gasteiger partial charge in [-0.15, -0.1) is 0 Å². The highest BCUT2D eigenvalue weighted by molar-refractivity contribution is 5.70. The van der Waals surface area contributed by atoms with E-state index in [0.29, 0.717) is 0 Å². The molecule has 0 saturated carbocycles. The van der Waals surface area contributed by atoms with Crippen molar-refractivity contribution in [2.45, 2.75) is 24.4 Å². The Labute approximate surface area is 111 Å². The van der Waals surface area contributed by atoms with Crippen molar-refractivity contribution >= 4 is 17.1 Å². The first kappa shape index (κ1) is 13.0. The van der Waals surface area contributed by atoms with Gasteiger partial charge in [0.15, 0.2) is 11.2 Å². The Morgan fingerprint density at radius 1 is 1.25 bits per heavy atom. The highest BCUT2D eigenvalue weighted by Crippen LogP contribution is 2.32. The highest BCUT2D eigenvalue weighted by atomic mass is 16.6. The Morgan fingerprint density at radius 2 is 2.00 bits per heavy atom. The van der Waals surface area contributed by atoms with Gasteiger partial charge < -0.3 is 30.8 Å². The topological polar surface area (TPSA) is 170 Å². The number of H-pyrrole nitrogens is 2. The van der Waals surface area contributed by atoms with E-state index in [9.17, 15) is 15.0 Å². The van der Waals surface area contributed by atoms with Crippen LogP contribution in [-0.4, -0.2) is 60.2 Å². The summed E-state index contributed by atoms with van der Waals surface area (Å²) in [5.41, 5.74) is 5.08. The lowest BCUT2D eigenvalue weighted by Gasteiger charge is -2.11. The van der Waals surface area contributed by atoms with Crippen LogP contribution in [0.5, 0.6) is 0 Å². The zero-order chi connectivity index (χ0) is 14.4. The van der Waals surface area contributed by atoms with Gasteiger partial charge in [0, 0.05) is 0 Å². The molecule has 0 unspecified atom stereocenters. The molecule has 3 rings (SSSR count). The third kappa shape index (κ3) is 1.86. The summed E-state index contributed by atoms with van der Waals surface area (Å²) in [5.74, 6) is 0.0489. The van der Waals surface area contributed by atoms with E-state index < -0.39 is 36.6 Å². The number of hydrogen-bond donors (Lipinski definition) is 6. The summed E-state index contributed by atoms with van der Waals surface area (Å²) in [4.78, 5) is 24.5. The molecule has 108 valence electrons. The predicted octanol–water partition coefficient (Wildman–Crippen LogP) is -2.62. The van der Waals surface area contributed by atoms with Crippen LogP contribution in [0.3, 0.4) is 0 Å². The van der Waals surface area contributed by atoms with Gasteiger partial charge in [0.05, 0.1) is 6.61 Å². The summed E-state index contributed by atoms with van der Waals surface area (Å²) >= 11 is 0. The minimum atomic E-state index is -1.27. The van der Waals surface area contributed by atoms with E-state index in [1.165, 1.54) is 0 Å². The van der Waals surface area contributed by atoms with Gasteiger partial charge in [0.25, 0.3) is 5.56 Å². The summed E-state index contributed by atoms with van der Waals surface area (Å²) in [7, 11) is 0. The number of hydrogen-bond acceptors (Lipinski definition) is 8. The Balaban J connectivity index is 2.03. The number of aliphatic hydroxyl groups is 3. The standard InChI is InChI=1S/C10H13N5O5/c11-10-14-7-3(9(19)15-10)12-8(13-7)6-5(18)4(17)2(1-16)20-6/h2,4-6,16-18H,1H2,(H4,11,12,13,14,15,19)/t2-,4-,5+,6-/m1/s1. The van der Waals surface area contributed by atoms with Crippen LogP contribution in [0.25, 0.3) is 11.2 Å². The summed E-state index contributed by atoms with van der Waals surface area (Å²) in [6, 6.07) is 0. The molecule has 0 aliphatic carbocycles. The molecule has 3 heterocycles. The summed E-state index contributed by atoms with van der Waals surface area (Å²) in [6.45, 7) is -0.444. The second-order valence-electron chi connectivity index (χ2n) is 4.53. The van der Waals surface area contributed by atoms with Crippen LogP contribution in [-0.2, 0) is 4.74 Å². The number of nitrogen functional groups attached to an aromatic ring is 1. The van der Waals surface area contributed by atoms with Gasteiger partial charge in [0.1, 0.15) is 30.2 Å². The molecule has 1 fully saturated rings. The number of anilines is 1. The Kier molecular flexibility index (Phi) is 2.94. The van der Waals surface area contributed by atoms with E-state index in [-0.39, 0.29) is 22.9 Å². The van der Waals surface area contributed by atoms with Crippen LogP contribution in [0.1, 0.15) is 11.9 Å². The van der Waals surface area contributed by atoms with Gasteiger partial charge in [-0.2, -0.15) is 4.98 Å². The smallest absolute Gasteiger partial charge is 0.278 e. The number of nitrogens with zero attached hydrogens (tertiary/aromatic N) is 2. The lowest BCUT2D eigenvalue weighted by atomic mass is 10.1. The molecule has 0 bridgehead atoms. The van der Waals surface area contributed by atoms with E-state index in [1.54, 1.807) is 0 Å². The van der Waals surface area contributed by atoms with E-state index in [0.717, 1.165) is 0 Å². The van der Waals surface area contributed by atoms with Gasteiger partial charge in [-0.1, -0.05) is 0 Å². The number of nitrogens with two attached hydrogens (primary N) is 1. The SMILES string of the molecule is Nc1nc2nc([C@@H]3O[C@H](CO)[C@@H](O)[C@@H]3O)[nH]c2c(=O)[nH]1. The molecule has 7 N–H and O–H groups in total. The van der Waals surface area contributed by atoms with Crippen molar-refractivity contribution in [2.75, 3.05) is 12.3 Å². The van der Waals surface area contributed by atoms with Crippen LogP contribution in [0.2, 0.25) is 0 Å². The van der Waals surface area contributed by atoms with Crippen LogP contribution >= 0.6 is 0 Å². The molecule has 1 saturated heterocycles. The molecule has 0 spiro atoms. The molecule has 10 heteroatoms. The normalized spacial score (nSPS) is 30.1. The fourth-order valence-corrected chi connectivity index (χ4v) is 2.20. The minimum absolute atomic E-state index is 0.0818. The molecule has 1 aliphatic rings. The van der Waals surface area contributed by atoms with Crippen molar-refractivity contribution in [1.82, 2.24) is 19.9 Å². The van der Waals surface area contributed by atoms with Crippen LogP contribution in [0.15, 0.2) is 4.79 Å². The van der Waals surface area contributed by atoms with Gasteiger partial charge in [-0.25, -0.2) is 4.98 Å². The van der Waals surface area contributed by atoms with Crippen molar-refractivity contribution in [2.24, 2.45) is 0 Å². The number of fused-ring (bicyclic) bond motifs is 1. The summed E-state index contributed by atoms with van der Waals surface area (Å²) < 4.78 is 5.31. The third-order valence-electron chi connectivity index (χ3n) is 3.21. The quantitative estimate of drug-likeness (QED) is 0.348. The number of imidazole rings is 1. The van der Waals surface area contributed by atoms with Gasteiger partial charge in [-0.3, -0.25) is 9.78 Å². The zero-order valence-electron chi connectivity index (χ0n) is 10.1. The molecule has 4 atom stereocenters. The zero-order valence-corrected chi connectivity index (χ0v) is 10.1. The lowest BCUT2D eigenvalue weighted by molar-refractivity contribution is -0.0249. The molecular weight excluding hydrogens is 270 g/mol. The average Bonchev–Trinajstić information content (AvgIpc) is 2.93. The fraction of sp³-hybridized carbons (Fsp3) is 0.500. The first-order valence-electron chi connectivity index (χ1n) is 5.89. The largest absolute Gasteiger partial charge is 0.394 e. The Morgan fingerprint density at radius 3 is 2.65 bits per heavy atom. The number of aliphatic hydroxyl groups excluding tert-OH is 3. The molecule has 2 aromatic heterocycles. The maximum Gasteiger partial charge on any atom is 0.278 e. The summed E-state index contributed by atoms with van der Waals surface area (Å²) in [5, 5.41) is 28.6. The molecule has 10 nitrogen and oxygen atoms in total. The highest BCUT2D eigenvalue weighted by Gasteiger charge is 2.44. The van der Waals surface area contributed by atoms with Crippen molar-refractivity contribution in [3.05, 3.63) is 16.2 Å². The number of rotatable bonds is 2. The third-order valence-corrected chi connectivity index (χ3v) is 3.21. The molecular formula is C10H13N5O5. The monoisotopic (exact) mass is 283 g/mol. The fourth-order valence-electron chi connectivity index (χ4n) is 2.20. The van der Waals surface area contributed by atoms with Crippen LogP contribution in [0, 0.1) is 0 Å². The number of aromatic amines is 2. The first-order chi connectivity index (χ1) is 9.51. The van der Waals surface area contributed by atoms with Gasteiger partial charge in [0.2, 0.25) is 5.95 Å². The maximum absolute atomic E-state index is 11.7. The van der Waals surface area contributed by atoms with E-state index in [1.807, 2.05) is 0 Å². The Hall–Kier alpha value is -2.01. The van der Waals surface area contributed by atoms with E-state index in [4.69, 9.17) is 15.6 Å². The van der Waals surface area contributed by atoms with E-state index in [2.05, 4.69) is 19.9 Å². The number of ether oxygens (including phenoxy) is 1. The summed E-state index contributed by atoms with van der Waals surface area (Å²) in [6.07, 6.45) is -4.42. The second-order valence-corrected chi connectivity index (χ2v) is 4.53. The first-order valence-corrected chi connectivity index (χ1v) is 5.89. The second kappa shape index (κ2) is 4.52. The predicted molar refractivity (Wildman–Crippen MR) is 65.6 cm³/mol. The van der Waals surface area contributed by atoms with Crippen molar-refractivity contribution in [3.8, 4) is 0 Å². The molecule has 0 radical (unpaired) electrons. The van der Waals surface area contributed by atoms with Crippen molar-refractivity contribution in [1.29, 1.82) is 0 Å². The average molecular weight is 283 g/mol. The van der Waals surface area contributed by atoms with Crippen molar-refractivity contribution in [3.63, 3.8) is 0 Å². The number of aromatic nitrogens is 4. The minimum Gasteiger partial charge on any atom is -0.394 e.